The average Bonchev–Trinajstić information content (AvgIpc) is 2.50. The average molecular weight is 280 g/mol. The number of nitrogen functional groups attached to an aromatic ring is 2. The number of benzene rings is 2. The lowest BCUT2D eigenvalue weighted by atomic mass is 10.2. The minimum Gasteiger partial charge on any atom is -0.399 e. The van der Waals surface area contributed by atoms with E-state index in [0.29, 0.717) is 13.2 Å². The highest BCUT2D eigenvalue weighted by Gasteiger charge is 1.88. The first kappa shape index (κ1) is 14.9. The van der Waals surface area contributed by atoms with Gasteiger partial charge in [0, 0.05) is 11.4 Å². The van der Waals surface area contributed by atoms with Crippen LogP contribution in [0, 0.1) is 0 Å². The molecule has 0 radical (unpaired) electrons. The highest BCUT2D eigenvalue weighted by molar-refractivity contribution is 5.54. The molecule has 21 heavy (non-hydrogen) atoms. The van der Waals surface area contributed by atoms with E-state index in [1.807, 2.05) is 72.8 Å². The Morgan fingerprint density at radius 2 is 1.05 bits per heavy atom. The zero-order valence-electron chi connectivity index (χ0n) is 11.9. The lowest BCUT2D eigenvalue weighted by Gasteiger charge is -1.97. The smallest absolute Gasteiger partial charge is 0.0655 e. The molecule has 0 aromatic heterocycles. The van der Waals surface area contributed by atoms with Gasteiger partial charge in [-0.15, -0.1) is 0 Å². The van der Waals surface area contributed by atoms with Crippen molar-refractivity contribution in [2.75, 3.05) is 24.7 Å². The quantitative estimate of drug-likeness (QED) is 0.628. The van der Waals surface area contributed by atoms with Gasteiger partial charge in [0.1, 0.15) is 0 Å². The molecule has 0 fully saturated rings. The molecule has 108 valence electrons. The van der Waals surface area contributed by atoms with Gasteiger partial charge in [-0.25, -0.2) is 0 Å². The van der Waals surface area contributed by atoms with Crippen molar-refractivity contribution in [1.29, 1.82) is 0 Å². The molecule has 2 rings (SSSR count). The lowest BCUT2D eigenvalue weighted by molar-refractivity contribution is 0.195. The van der Waals surface area contributed by atoms with Gasteiger partial charge in [-0.1, -0.05) is 48.6 Å². The van der Waals surface area contributed by atoms with Crippen molar-refractivity contribution in [3.63, 3.8) is 0 Å². The van der Waals surface area contributed by atoms with E-state index < -0.39 is 0 Å². The Morgan fingerprint density at radius 1 is 0.667 bits per heavy atom. The Bertz CT molecular complexity index is 543. The van der Waals surface area contributed by atoms with Crippen LogP contribution in [0.15, 0.2) is 60.7 Å². The maximum atomic E-state index is 5.63. The molecular weight excluding hydrogens is 260 g/mol. The molecule has 3 nitrogen and oxygen atoms in total. The molecule has 0 aliphatic heterocycles. The van der Waals surface area contributed by atoms with Gasteiger partial charge in [-0.3, -0.25) is 0 Å². The number of hydrogen-bond donors (Lipinski definition) is 2. The summed E-state index contributed by atoms with van der Waals surface area (Å²) in [7, 11) is 0. The van der Waals surface area contributed by atoms with Crippen LogP contribution in [0.1, 0.15) is 11.1 Å². The van der Waals surface area contributed by atoms with Gasteiger partial charge in [0.2, 0.25) is 0 Å². The topological polar surface area (TPSA) is 61.3 Å². The maximum Gasteiger partial charge on any atom is 0.0655 e. The van der Waals surface area contributed by atoms with E-state index in [1.54, 1.807) is 0 Å². The zero-order chi connectivity index (χ0) is 14.9. The normalized spacial score (nSPS) is 11.4. The number of ether oxygens (including phenoxy) is 1. The third kappa shape index (κ3) is 5.55. The van der Waals surface area contributed by atoms with Gasteiger partial charge >= 0.3 is 0 Å². The summed E-state index contributed by atoms with van der Waals surface area (Å²) in [5.74, 6) is 0. The van der Waals surface area contributed by atoms with E-state index in [1.165, 1.54) is 0 Å². The highest BCUT2D eigenvalue weighted by Crippen LogP contribution is 2.08. The molecule has 0 amide bonds. The largest absolute Gasteiger partial charge is 0.399 e. The van der Waals surface area contributed by atoms with Crippen molar-refractivity contribution in [3.05, 3.63) is 71.8 Å². The molecule has 0 aliphatic carbocycles. The fourth-order valence-corrected chi connectivity index (χ4v) is 1.79. The SMILES string of the molecule is Nc1ccc(C=CCOCC=Cc2ccc(N)cc2)cc1. The minimum atomic E-state index is 0.580. The molecule has 0 unspecified atom stereocenters. The Balaban J connectivity index is 1.67. The summed E-state index contributed by atoms with van der Waals surface area (Å²) in [5.41, 5.74) is 15.0. The summed E-state index contributed by atoms with van der Waals surface area (Å²) in [5, 5.41) is 0. The van der Waals surface area contributed by atoms with Crippen LogP contribution in [-0.2, 0) is 4.74 Å². The van der Waals surface area contributed by atoms with Gasteiger partial charge in [0.15, 0.2) is 0 Å². The van der Waals surface area contributed by atoms with E-state index >= 15 is 0 Å². The molecule has 2 aromatic rings. The second-order valence-electron chi connectivity index (χ2n) is 4.68. The van der Waals surface area contributed by atoms with Crippen LogP contribution in [0.2, 0.25) is 0 Å². The molecule has 0 saturated carbocycles. The van der Waals surface area contributed by atoms with Gasteiger partial charge in [0.05, 0.1) is 13.2 Å². The first-order valence-corrected chi connectivity index (χ1v) is 6.86. The molecule has 0 atom stereocenters. The Kier molecular flexibility index (Phi) is 5.61. The highest BCUT2D eigenvalue weighted by atomic mass is 16.5. The minimum absolute atomic E-state index is 0.580. The third-order valence-electron chi connectivity index (χ3n) is 2.92. The molecule has 4 N–H and O–H groups in total. The fourth-order valence-electron chi connectivity index (χ4n) is 1.79. The number of rotatable bonds is 6. The zero-order valence-corrected chi connectivity index (χ0v) is 11.9. The number of nitrogens with two attached hydrogens (primary N) is 2. The lowest BCUT2D eigenvalue weighted by Crippen LogP contribution is -1.90. The predicted molar refractivity (Wildman–Crippen MR) is 90.6 cm³/mol. The van der Waals surface area contributed by atoms with Crippen molar-refractivity contribution >= 4 is 23.5 Å². The Morgan fingerprint density at radius 3 is 1.43 bits per heavy atom. The Hall–Kier alpha value is -2.52. The maximum absolute atomic E-state index is 5.63. The van der Waals surface area contributed by atoms with E-state index in [2.05, 4.69) is 0 Å². The summed E-state index contributed by atoms with van der Waals surface area (Å²) < 4.78 is 5.50. The second kappa shape index (κ2) is 7.92. The molecule has 0 heterocycles. The molecule has 0 bridgehead atoms. The van der Waals surface area contributed by atoms with Crippen molar-refractivity contribution < 1.29 is 4.74 Å². The molecule has 3 heteroatoms. The van der Waals surface area contributed by atoms with Crippen molar-refractivity contribution in [2.24, 2.45) is 0 Å². The molecular formula is C18H20N2O. The van der Waals surface area contributed by atoms with Gasteiger partial charge in [0.25, 0.3) is 0 Å². The van der Waals surface area contributed by atoms with Crippen molar-refractivity contribution in [3.8, 4) is 0 Å². The summed E-state index contributed by atoms with van der Waals surface area (Å²) in [6, 6.07) is 15.5. The second-order valence-corrected chi connectivity index (χ2v) is 4.68. The summed E-state index contributed by atoms with van der Waals surface area (Å²) in [6.45, 7) is 1.16. The van der Waals surface area contributed by atoms with Crippen LogP contribution in [0.4, 0.5) is 11.4 Å². The molecule has 0 aliphatic rings. The van der Waals surface area contributed by atoms with Gasteiger partial charge in [-0.2, -0.15) is 0 Å². The van der Waals surface area contributed by atoms with E-state index in [4.69, 9.17) is 16.2 Å². The van der Waals surface area contributed by atoms with Crippen LogP contribution in [-0.4, -0.2) is 13.2 Å². The van der Waals surface area contributed by atoms with Crippen LogP contribution in [0.3, 0.4) is 0 Å². The number of hydrogen-bond acceptors (Lipinski definition) is 3. The van der Waals surface area contributed by atoms with E-state index in [9.17, 15) is 0 Å². The predicted octanol–water partition coefficient (Wildman–Crippen LogP) is 3.59. The van der Waals surface area contributed by atoms with Crippen LogP contribution in [0.25, 0.3) is 12.2 Å². The van der Waals surface area contributed by atoms with Crippen molar-refractivity contribution in [2.45, 2.75) is 0 Å². The molecule has 0 spiro atoms. The third-order valence-corrected chi connectivity index (χ3v) is 2.92. The van der Waals surface area contributed by atoms with Crippen LogP contribution in [0.5, 0.6) is 0 Å². The summed E-state index contributed by atoms with van der Waals surface area (Å²) in [6.07, 6.45) is 8.01. The van der Waals surface area contributed by atoms with Gasteiger partial charge < -0.3 is 16.2 Å². The number of anilines is 2. The van der Waals surface area contributed by atoms with E-state index in [-0.39, 0.29) is 0 Å². The van der Waals surface area contributed by atoms with Crippen LogP contribution < -0.4 is 11.5 Å². The van der Waals surface area contributed by atoms with Crippen LogP contribution >= 0.6 is 0 Å². The summed E-state index contributed by atoms with van der Waals surface area (Å²) in [4.78, 5) is 0. The van der Waals surface area contributed by atoms with E-state index in [0.717, 1.165) is 22.5 Å². The standard InChI is InChI=1S/C18H20N2O/c19-17-9-5-15(6-10-17)3-1-13-21-14-2-4-16-7-11-18(20)12-8-16/h1-12H,13-14,19-20H2. The summed E-state index contributed by atoms with van der Waals surface area (Å²) >= 11 is 0. The first-order valence-electron chi connectivity index (χ1n) is 6.86. The van der Waals surface area contributed by atoms with Gasteiger partial charge in [-0.05, 0) is 35.4 Å². The monoisotopic (exact) mass is 280 g/mol. The molecule has 0 saturated heterocycles. The fraction of sp³-hybridized carbons (Fsp3) is 0.111. The first-order chi connectivity index (χ1) is 10.2. The Labute approximate surface area is 125 Å². The molecule has 2 aromatic carbocycles. The van der Waals surface area contributed by atoms with Crippen molar-refractivity contribution in [1.82, 2.24) is 0 Å².